The molecule has 0 amide bonds. The van der Waals surface area contributed by atoms with Crippen LogP contribution in [0.4, 0.5) is 0 Å². The third-order valence-corrected chi connectivity index (χ3v) is 20.8. The summed E-state index contributed by atoms with van der Waals surface area (Å²) < 4.78 is 50.7. The lowest BCUT2D eigenvalue weighted by Crippen LogP contribution is -1.89. The second kappa shape index (κ2) is 80.9. The average molecular weight is 1750 g/mol. The molecule has 0 saturated carbocycles. The molecular weight excluding hydrogens is 1620 g/mol. The number of methoxy groups -OCH3 is 2. The van der Waals surface area contributed by atoms with E-state index >= 15 is 0 Å². The molecule has 116 heavy (non-hydrogen) atoms. The van der Waals surface area contributed by atoms with Gasteiger partial charge in [-0.15, -0.1) is 57.1 Å². The number of para-hydroxylation sites is 1. The number of furan rings is 2. The van der Waals surface area contributed by atoms with Crippen LogP contribution in [-0.4, -0.2) is 82.5 Å². The van der Waals surface area contributed by atoms with Gasteiger partial charge in [0.1, 0.15) is 47.0 Å². The van der Waals surface area contributed by atoms with Gasteiger partial charge in [-0.25, -0.2) is 19.9 Å². The average Bonchev–Trinajstić information content (AvgIpc) is 1.99. The molecule has 632 valence electrons. The fraction of sp³-hybridized carbons (Fsp3) is 0.359. The molecule has 14 rings (SSSR count). The monoisotopic (exact) mass is 1750 g/mol. The fourth-order valence-electron chi connectivity index (χ4n) is 8.40. The first-order valence-electron chi connectivity index (χ1n) is 39.0. The van der Waals surface area contributed by atoms with E-state index in [-0.39, 0.29) is 0 Å². The highest BCUT2D eigenvalue weighted by Crippen LogP contribution is 2.20. The summed E-state index contributed by atoms with van der Waals surface area (Å²) in [4.78, 5) is 25.4. The van der Waals surface area contributed by atoms with Crippen LogP contribution in [0.25, 0.3) is 0 Å². The highest BCUT2D eigenvalue weighted by atomic mass is 32.2. The van der Waals surface area contributed by atoms with E-state index in [1.807, 2.05) is 192 Å². The fourth-order valence-corrected chi connectivity index (χ4v) is 14.6. The maximum atomic E-state index is 5.21. The van der Waals surface area contributed by atoms with Gasteiger partial charge >= 0.3 is 6.08 Å². The van der Waals surface area contributed by atoms with Crippen LogP contribution in [0, 0.1) is 0 Å². The van der Waals surface area contributed by atoms with Gasteiger partial charge in [0.25, 0.3) is 10.4 Å². The van der Waals surface area contributed by atoms with Crippen LogP contribution >= 0.6 is 104 Å². The van der Waals surface area contributed by atoms with Crippen molar-refractivity contribution in [2.24, 2.45) is 0 Å². The Morgan fingerprint density at radius 3 is 1.23 bits per heavy atom. The normalized spacial score (nSPS) is 9.47. The standard InChI is InChI=1S/2C8H10O.2C8H10S.C7H10O.3C7H10S.C6H9NO.C6H8O2.C5H7NO2.2C5H7NOS.C5H7NS2/c1-9-7-8-5-3-2-4-6-8;1-2-9-8-6-4-3-5-7-8;1-9-7-8-5-3-2-4-6-8;1-2-9-8-6-4-3-5-7-8;4*1-2-4-7-5-3-6-8-7;1-2-3-6-7-4-5-8-6;1-7-5-6-3-2-4-8-6;1-2-7-5-6-3-4-8-5;1-2-8-5-6-3-4-7-5;2*1-2-7-5-6-3-4-8-5/h2-6H,7H2,1H3;3-7H,2H2,1H3;2-6H,7H2,1H3;3-7H,2H2,1H3;4*3,5-6H,2,4H2,1H3;4-5H,2-3H2,1H3;2-4H,5H2,1H3;4*3-4H,2H2,1H3. The first kappa shape index (κ1) is 106. The molecule has 0 unspecified atom stereocenters. The molecule has 14 aromatic rings. The number of oxazole rings is 3. The predicted octanol–water partition coefficient (Wildman–Crippen LogP) is 29.3. The molecule has 0 N–H and O–H groups in total. The maximum absolute atomic E-state index is 5.21. The van der Waals surface area contributed by atoms with E-state index in [0.717, 1.165) is 88.9 Å². The number of nitrogens with zero attached hydrogens (tertiary/aromatic N) is 5. The van der Waals surface area contributed by atoms with Gasteiger partial charge in [-0.1, -0.05) is 225 Å². The van der Waals surface area contributed by atoms with Crippen molar-refractivity contribution in [3.8, 4) is 17.0 Å². The van der Waals surface area contributed by atoms with Crippen LogP contribution in [0.2, 0.25) is 0 Å². The van der Waals surface area contributed by atoms with Crippen LogP contribution in [-0.2, 0) is 60.5 Å². The van der Waals surface area contributed by atoms with Crippen LogP contribution < -0.4 is 14.2 Å². The lowest BCUT2D eigenvalue weighted by molar-refractivity contribution is 0.164. The molecule has 0 aliphatic heterocycles. The SMILES string of the molecule is CCCc1ccco1.CCCc1cccs1.CCCc1cccs1.CCCc1cccs1.CCCc1ncco1.CCOc1ccccc1.CCOc1ncco1.CCOc1nccs1.CCSc1ccccc1.CCSc1ncco1.CCSc1nccs1.COCc1ccccc1.COCc1ccco1.CSCc1ccccc1. The van der Waals surface area contributed by atoms with Gasteiger partial charge in [0.15, 0.2) is 5.89 Å². The number of aromatic nitrogens is 5. The number of benzene rings is 4. The number of aryl methyl sites for hydroxylation is 5. The second-order valence-electron chi connectivity index (χ2n) is 22.8. The summed E-state index contributed by atoms with van der Waals surface area (Å²) in [6.45, 7) is 26.3. The summed E-state index contributed by atoms with van der Waals surface area (Å²) in [6.07, 6.45) is 30.7. The second-order valence-corrected chi connectivity index (χ2v) is 32.5. The number of thiophene rings is 3. The van der Waals surface area contributed by atoms with Crippen molar-refractivity contribution in [2.45, 2.75) is 174 Å². The van der Waals surface area contributed by atoms with Crippen molar-refractivity contribution in [1.29, 1.82) is 0 Å². The summed E-state index contributed by atoms with van der Waals surface area (Å²) >= 11 is 15.9. The van der Waals surface area contributed by atoms with Crippen molar-refractivity contribution in [3.05, 3.63) is 314 Å². The molecule has 0 bridgehead atoms. The minimum Gasteiger partial charge on any atom is -0.494 e. The Kier molecular flexibility index (Phi) is 74.1. The molecule has 0 aliphatic carbocycles. The zero-order valence-corrected chi connectivity index (χ0v) is 77.8. The van der Waals surface area contributed by atoms with Crippen LogP contribution in [0.5, 0.6) is 17.0 Å². The quantitative estimate of drug-likeness (QED) is 0.0423. The smallest absolute Gasteiger partial charge is 0.393 e. The molecule has 15 nitrogen and oxygen atoms in total. The van der Waals surface area contributed by atoms with E-state index in [2.05, 4.69) is 188 Å². The van der Waals surface area contributed by atoms with E-state index in [0.29, 0.717) is 32.5 Å². The third kappa shape index (κ3) is 63.3. The van der Waals surface area contributed by atoms with Crippen molar-refractivity contribution in [3.63, 3.8) is 0 Å². The zero-order valence-electron chi connectivity index (χ0n) is 70.4. The molecule has 4 aromatic carbocycles. The highest BCUT2D eigenvalue weighted by Gasteiger charge is 1.97. The van der Waals surface area contributed by atoms with Gasteiger partial charge in [0.2, 0.25) is 0 Å². The first-order chi connectivity index (χ1) is 57.0. The molecule has 0 aliphatic rings. The number of hydrogen-bond acceptors (Lipinski definition) is 24. The Hall–Kier alpha value is -7.85. The minimum atomic E-state index is 0.340. The largest absolute Gasteiger partial charge is 0.494 e. The van der Waals surface area contributed by atoms with E-state index in [9.17, 15) is 0 Å². The van der Waals surface area contributed by atoms with E-state index in [4.69, 9.17) is 45.8 Å². The molecule has 0 atom stereocenters. The Morgan fingerprint density at radius 1 is 0.345 bits per heavy atom. The highest BCUT2D eigenvalue weighted by molar-refractivity contribution is 8.01. The van der Waals surface area contributed by atoms with Crippen LogP contribution in [0.15, 0.2) is 308 Å². The van der Waals surface area contributed by atoms with Crippen LogP contribution in [0.3, 0.4) is 0 Å². The molecule has 0 fully saturated rings. The van der Waals surface area contributed by atoms with Crippen LogP contribution in [0.1, 0.15) is 151 Å². The Balaban J connectivity index is 0.000000625. The molecule has 10 aromatic heterocycles. The van der Waals surface area contributed by atoms with Gasteiger partial charge in [-0.05, 0) is 170 Å². The van der Waals surface area contributed by atoms with Gasteiger partial charge in [0, 0.05) is 75.5 Å². The summed E-state index contributed by atoms with van der Waals surface area (Å²) in [5, 5.41) is 11.8. The number of hydrogen-bond donors (Lipinski definition) is 0. The maximum Gasteiger partial charge on any atom is 0.393 e. The predicted molar refractivity (Wildman–Crippen MR) is 501 cm³/mol. The molecule has 10 heterocycles. The molecule has 24 heteroatoms. The summed E-state index contributed by atoms with van der Waals surface area (Å²) in [5.41, 5.74) is 2.63. The van der Waals surface area contributed by atoms with E-state index in [1.54, 1.807) is 98.9 Å². The Morgan fingerprint density at radius 2 is 0.828 bits per heavy atom. The van der Waals surface area contributed by atoms with Gasteiger partial charge in [-0.2, -0.15) is 16.7 Å². The summed E-state index contributed by atoms with van der Waals surface area (Å²) in [5.74, 6) is 8.16. The van der Waals surface area contributed by atoms with E-state index in [1.165, 1.54) is 91.1 Å². The zero-order chi connectivity index (χ0) is 84.3. The summed E-state index contributed by atoms with van der Waals surface area (Å²) in [7, 11) is 3.34. The number of thioether (sulfide) groups is 4. The molecule has 0 saturated heterocycles. The molecule has 0 spiro atoms. The third-order valence-electron chi connectivity index (χ3n) is 13.2. The summed E-state index contributed by atoms with van der Waals surface area (Å²) in [6, 6.07) is 61.4. The number of ether oxygens (including phenoxy) is 5. The van der Waals surface area contributed by atoms with Gasteiger partial charge in [0.05, 0.1) is 57.5 Å². The first-order valence-corrected chi connectivity index (χ1v) is 47.8. The Bertz CT molecular complexity index is 3230. The number of thiazole rings is 2. The van der Waals surface area contributed by atoms with Crippen molar-refractivity contribution in [2.75, 3.05) is 57.6 Å². The lowest BCUT2D eigenvalue weighted by Gasteiger charge is -1.99. The van der Waals surface area contributed by atoms with Gasteiger partial charge in [-0.3, -0.25) is 0 Å². The van der Waals surface area contributed by atoms with Crippen molar-refractivity contribution in [1.82, 2.24) is 24.9 Å². The van der Waals surface area contributed by atoms with E-state index < -0.39 is 0 Å². The molecular formula is C92H125N5O10S9. The number of rotatable bonds is 28. The van der Waals surface area contributed by atoms with Gasteiger partial charge < -0.3 is 45.8 Å². The lowest BCUT2D eigenvalue weighted by atomic mass is 10.2. The van der Waals surface area contributed by atoms with Crippen molar-refractivity contribution >= 4 is 104 Å². The minimum absolute atomic E-state index is 0.340. The van der Waals surface area contributed by atoms with Crippen molar-refractivity contribution < 1.29 is 45.8 Å². The Labute approximate surface area is 731 Å². The topological polar surface area (TPSA) is 176 Å². The molecule has 0 radical (unpaired) electrons.